The van der Waals surface area contributed by atoms with Crippen molar-refractivity contribution in [1.29, 1.82) is 0 Å². The van der Waals surface area contributed by atoms with Crippen LogP contribution in [0.5, 0.6) is 6.01 Å². The van der Waals surface area contributed by atoms with Gasteiger partial charge in [-0.2, -0.15) is 15.0 Å². The Morgan fingerprint density at radius 2 is 1.80 bits per heavy atom. The first-order valence-corrected chi connectivity index (χ1v) is 6.36. The van der Waals surface area contributed by atoms with Crippen molar-refractivity contribution >= 4 is 11.9 Å². The van der Waals surface area contributed by atoms with Gasteiger partial charge in [0.2, 0.25) is 11.9 Å². The Balaban J connectivity index is 2.79. The van der Waals surface area contributed by atoms with Crippen LogP contribution < -0.4 is 15.4 Å². The molecule has 0 atom stereocenters. The van der Waals surface area contributed by atoms with Gasteiger partial charge in [0.1, 0.15) is 6.61 Å². The second kappa shape index (κ2) is 7.73. The van der Waals surface area contributed by atoms with Gasteiger partial charge in [0.25, 0.3) is 5.92 Å². The number of hydrogen-bond donors (Lipinski definition) is 3. The van der Waals surface area contributed by atoms with Crippen LogP contribution in [-0.2, 0) is 0 Å². The molecule has 0 aliphatic heterocycles. The quantitative estimate of drug-likeness (QED) is 0.628. The lowest BCUT2D eigenvalue weighted by Gasteiger charge is -2.14. The van der Waals surface area contributed by atoms with E-state index < -0.39 is 19.1 Å². The number of anilines is 2. The lowest BCUT2D eigenvalue weighted by molar-refractivity contribution is -0.0374. The van der Waals surface area contributed by atoms with Gasteiger partial charge in [-0.3, -0.25) is 0 Å². The summed E-state index contributed by atoms with van der Waals surface area (Å²) in [7, 11) is 0. The molecule has 0 amide bonds. The van der Waals surface area contributed by atoms with Crippen LogP contribution in [0.15, 0.2) is 0 Å². The highest BCUT2D eigenvalue weighted by atomic mass is 19.3. The summed E-state index contributed by atoms with van der Waals surface area (Å²) < 4.78 is 31.2. The van der Waals surface area contributed by atoms with Crippen LogP contribution in [0.25, 0.3) is 0 Å². The van der Waals surface area contributed by atoms with Crippen LogP contribution in [0.1, 0.15) is 20.3 Å². The fourth-order valence-electron chi connectivity index (χ4n) is 1.19. The van der Waals surface area contributed by atoms with E-state index in [-0.39, 0.29) is 17.9 Å². The monoisotopic (exact) mass is 291 g/mol. The van der Waals surface area contributed by atoms with E-state index in [1.807, 2.05) is 13.8 Å². The molecule has 0 aliphatic carbocycles. The summed E-state index contributed by atoms with van der Waals surface area (Å²) >= 11 is 0. The van der Waals surface area contributed by atoms with Crippen molar-refractivity contribution < 1.29 is 18.6 Å². The van der Waals surface area contributed by atoms with E-state index in [0.717, 1.165) is 6.42 Å². The number of aromatic nitrogens is 3. The maximum absolute atomic E-state index is 13.0. The van der Waals surface area contributed by atoms with Crippen molar-refractivity contribution in [2.45, 2.75) is 26.2 Å². The molecule has 0 saturated carbocycles. The van der Waals surface area contributed by atoms with Crippen molar-refractivity contribution in [2.24, 2.45) is 0 Å². The highest BCUT2D eigenvalue weighted by Crippen LogP contribution is 2.15. The van der Waals surface area contributed by atoms with Crippen LogP contribution in [-0.4, -0.2) is 52.3 Å². The molecule has 1 aromatic rings. The van der Waals surface area contributed by atoms with Crippen molar-refractivity contribution in [3.05, 3.63) is 0 Å². The maximum atomic E-state index is 13.0. The first kappa shape index (κ1) is 16.3. The minimum absolute atomic E-state index is 0.0322. The zero-order valence-electron chi connectivity index (χ0n) is 11.5. The van der Waals surface area contributed by atoms with Crippen LogP contribution >= 0.6 is 0 Å². The van der Waals surface area contributed by atoms with Gasteiger partial charge in [-0.25, -0.2) is 8.78 Å². The molecule has 0 aromatic carbocycles. The van der Waals surface area contributed by atoms with Crippen LogP contribution in [0.3, 0.4) is 0 Å². The lowest BCUT2D eigenvalue weighted by atomic mass is 10.3. The average Bonchev–Trinajstić information content (AvgIpc) is 2.43. The molecule has 114 valence electrons. The summed E-state index contributed by atoms with van der Waals surface area (Å²) in [6, 6.07) is 0.0626. The molecule has 0 saturated heterocycles. The largest absolute Gasteiger partial charge is 0.463 e. The van der Waals surface area contributed by atoms with Crippen molar-refractivity contribution in [3.8, 4) is 6.01 Å². The van der Waals surface area contributed by atoms with E-state index in [1.165, 1.54) is 0 Å². The fraction of sp³-hybridized carbons (Fsp3) is 0.727. The standard InChI is InChI=1S/C11H19F2N5O2/c1-3-5-20-10-17-8(14-4-2)16-9(18-10)15-6-11(12,13)7-19/h19H,3-7H2,1-2H3,(H2,14,15,16,17,18). The number of hydrogen-bond acceptors (Lipinski definition) is 7. The number of aliphatic hydroxyl groups excluding tert-OH is 1. The van der Waals surface area contributed by atoms with Gasteiger partial charge in [-0.15, -0.1) is 0 Å². The number of halogens is 2. The molecule has 1 heterocycles. The zero-order valence-corrected chi connectivity index (χ0v) is 11.5. The lowest BCUT2D eigenvalue weighted by Crippen LogP contribution is -2.31. The van der Waals surface area contributed by atoms with E-state index in [4.69, 9.17) is 9.84 Å². The molecule has 0 fully saturated rings. The van der Waals surface area contributed by atoms with Gasteiger partial charge in [0.15, 0.2) is 0 Å². The van der Waals surface area contributed by atoms with Gasteiger partial charge >= 0.3 is 6.01 Å². The molecule has 0 unspecified atom stereocenters. The van der Waals surface area contributed by atoms with Crippen LogP contribution in [0, 0.1) is 0 Å². The molecule has 20 heavy (non-hydrogen) atoms. The topological polar surface area (TPSA) is 92.2 Å². The number of nitrogens with one attached hydrogen (secondary N) is 2. The van der Waals surface area contributed by atoms with Crippen molar-refractivity contribution in [3.63, 3.8) is 0 Å². The SMILES string of the molecule is CCCOc1nc(NCC)nc(NCC(F)(F)CO)n1. The van der Waals surface area contributed by atoms with Crippen LogP contribution in [0.2, 0.25) is 0 Å². The van der Waals surface area contributed by atoms with Gasteiger partial charge in [0.05, 0.1) is 13.2 Å². The van der Waals surface area contributed by atoms with Gasteiger partial charge in [0, 0.05) is 6.54 Å². The molecular formula is C11H19F2N5O2. The number of rotatable bonds is 9. The van der Waals surface area contributed by atoms with Gasteiger partial charge < -0.3 is 20.5 Å². The Bertz CT molecular complexity index is 420. The zero-order chi connectivity index (χ0) is 15.0. The Labute approximate surface area is 115 Å². The Hall–Kier alpha value is -1.77. The smallest absolute Gasteiger partial charge is 0.323 e. The summed E-state index contributed by atoms with van der Waals surface area (Å²) in [6.45, 7) is 2.75. The molecule has 7 nitrogen and oxygen atoms in total. The van der Waals surface area contributed by atoms with E-state index in [1.54, 1.807) is 0 Å². The van der Waals surface area contributed by atoms with Crippen molar-refractivity contribution in [2.75, 3.05) is 36.9 Å². The van der Waals surface area contributed by atoms with E-state index >= 15 is 0 Å². The summed E-state index contributed by atoms with van der Waals surface area (Å²) in [4.78, 5) is 11.8. The molecule has 0 spiro atoms. The number of ether oxygens (including phenoxy) is 1. The molecular weight excluding hydrogens is 272 g/mol. The average molecular weight is 291 g/mol. The third-order valence-electron chi connectivity index (χ3n) is 2.12. The van der Waals surface area contributed by atoms with E-state index in [9.17, 15) is 8.78 Å². The molecule has 9 heteroatoms. The fourth-order valence-corrected chi connectivity index (χ4v) is 1.19. The summed E-state index contributed by atoms with van der Waals surface area (Å²) in [5, 5.41) is 13.7. The molecule has 3 N–H and O–H groups in total. The minimum atomic E-state index is -3.24. The normalized spacial score (nSPS) is 11.2. The molecule has 0 aliphatic rings. The molecule has 1 rings (SSSR count). The predicted octanol–water partition coefficient (Wildman–Crippen LogP) is 1.13. The second-order valence-electron chi connectivity index (χ2n) is 4.01. The van der Waals surface area contributed by atoms with E-state index in [2.05, 4.69) is 25.6 Å². The van der Waals surface area contributed by atoms with Gasteiger partial charge in [-0.05, 0) is 13.3 Å². The Kier molecular flexibility index (Phi) is 6.29. The highest BCUT2D eigenvalue weighted by Gasteiger charge is 2.27. The number of alkyl halides is 2. The number of nitrogens with zero attached hydrogens (tertiary/aromatic N) is 3. The Morgan fingerprint density at radius 3 is 2.35 bits per heavy atom. The van der Waals surface area contributed by atoms with Crippen molar-refractivity contribution in [1.82, 2.24) is 15.0 Å². The third-order valence-corrected chi connectivity index (χ3v) is 2.12. The highest BCUT2D eigenvalue weighted by molar-refractivity contribution is 5.35. The van der Waals surface area contributed by atoms with E-state index in [0.29, 0.717) is 13.2 Å². The molecule has 0 radical (unpaired) electrons. The second-order valence-corrected chi connectivity index (χ2v) is 4.01. The molecule has 1 aromatic heterocycles. The molecule has 0 bridgehead atoms. The third kappa shape index (κ3) is 5.47. The van der Waals surface area contributed by atoms with Gasteiger partial charge in [-0.1, -0.05) is 6.92 Å². The van der Waals surface area contributed by atoms with Crippen LogP contribution in [0.4, 0.5) is 20.7 Å². The predicted molar refractivity (Wildman–Crippen MR) is 70.3 cm³/mol. The first-order chi connectivity index (χ1) is 9.50. The summed E-state index contributed by atoms with van der Waals surface area (Å²) in [5.74, 6) is -3.03. The first-order valence-electron chi connectivity index (χ1n) is 6.36. The minimum Gasteiger partial charge on any atom is -0.463 e. The maximum Gasteiger partial charge on any atom is 0.323 e. The summed E-state index contributed by atoms with van der Waals surface area (Å²) in [5.41, 5.74) is 0. The Morgan fingerprint density at radius 1 is 1.15 bits per heavy atom. The number of aliphatic hydroxyl groups is 1. The summed E-state index contributed by atoms with van der Waals surface area (Å²) in [6.07, 6.45) is 0.771.